The Balaban J connectivity index is 2.40. The Morgan fingerprint density at radius 2 is 1.52 bits per heavy atom. The molecule has 1 aliphatic rings. The number of nitro groups is 1. The summed E-state index contributed by atoms with van der Waals surface area (Å²) in [4.78, 5) is 21.0. The second-order valence-corrected chi connectivity index (χ2v) is 4.38. The van der Waals surface area contributed by atoms with Gasteiger partial charge in [0.1, 0.15) is 0 Å². The second kappa shape index (κ2) is 5.08. The van der Waals surface area contributed by atoms with Crippen molar-refractivity contribution >= 4 is 11.7 Å². The predicted molar refractivity (Wildman–Crippen MR) is 57.9 cm³/mol. The Bertz CT molecular complexity index is 624. The number of rotatable bonds is 2. The Labute approximate surface area is 122 Å². The summed E-state index contributed by atoms with van der Waals surface area (Å²) in [5.74, 6) is -6.99. The Kier molecular flexibility index (Phi) is 3.75. The van der Waals surface area contributed by atoms with Crippen molar-refractivity contribution in [2.24, 2.45) is 0 Å². The average molecular weight is 345 g/mol. The fourth-order valence-electron chi connectivity index (χ4n) is 1.82. The van der Waals surface area contributed by atoms with Gasteiger partial charge < -0.3 is 9.47 Å². The maximum absolute atomic E-state index is 12.7. The lowest BCUT2D eigenvalue weighted by Crippen LogP contribution is -2.58. The molecule has 1 fully saturated rings. The molecule has 0 aliphatic carbocycles. The van der Waals surface area contributed by atoms with Gasteiger partial charge in [0, 0.05) is 12.1 Å². The lowest BCUT2D eigenvalue weighted by molar-refractivity contribution is -0.439. The van der Waals surface area contributed by atoms with Crippen molar-refractivity contribution in [3.8, 4) is 0 Å². The van der Waals surface area contributed by atoms with Crippen LogP contribution in [0, 0.1) is 10.1 Å². The molecule has 0 N–H and O–H groups in total. The third-order valence-corrected chi connectivity index (χ3v) is 2.90. The van der Waals surface area contributed by atoms with E-state index in [0.717, 1.165) is 24.3 Å². The zero-order chi connectivity index (χ0) is 17.6. The molecule has 1 aromatic carbocycles. The van der Waals surface area contributed by atoms with Crippen LogP contribution in [0.1, 0.15) is 11.7 Å². The van der Waals surface area contributed by atoms with Crippen LogP contribution < -0.4 is 0 Å². The maximum atomic E-state index is 12.7. The molecule has 0 amide bonds. The molecule has 1 aromatic rings. The highest BCUT2D eigenvalue weighted by Gasteiger charge is 2.80. The van der Waals surface area contributed by atoms with Crippen LogP contribution >= 0.6 is 0 Å². The van der Waals surface area contributed by atoms with Crippen LogP contribution in [0.15, 0.2) is 24.3 Å². The Hall–Kier alpha value is -2.37. The van der Waals surface area contributed by atoms with E-state index in [2.05, 4.69) is 9.47 Å². The van der Waals surface area contributed by atoms with Crippen LogP contribution in [0.2, 0.25) is 0 Å². The van der Waals surface area contributed by atoms with Crippen LogP contribution in [-0.4, -0.2) is 29.0 Å². The number of ether oxygens (including phenoxy) is 2. The molecule has 0 aromatic heterocycles. The summed E-state index contributed by atoms with van der Waals surface area (Å²) in [6, 6.07) is 3.19. The van der Waals surface area contributed by atoms with Crippen LogP contribution in [0.25, 0.3) is 0 Å². The monoisotopic (exact) mass is 345 g/mol. The van der Waals surface area contributed by atoms with Gasteiger partial charge in [0.15, 0.2) is 6.10 Å². The van der Waals surface area contributed by atoms with E-state index in [1.165, 1.54) is 0 Å². The first-order valence-electron chi connectivity index (χ1n) is 5.67. The molecular formula is C11H5F6NO5. The topological polar surface area (TPSA) is 78.7 Å². The fraction of sp³-hybridized carbons (Fsp3) is 0.364. The minimum absolute atomic E-state index is 0.448. The SMILES string of the molecule is O=C1OC(C(F)(F)F)(C(F)(F)F)OC1c1ccc([N+](=O)[O-])cc1. The fourth-order valence-corrected chi connectivity index (χ4v) is 1.82. The Morgan fingerprint density at radius 1 is 1.04 bits per heavy atom. The molecule has 0 bridgehead atoms. The summed E-state index contributed by atoms with van der Waals surface area (Å²) in [6.07, 6.45) is -14.4. The molecule has 2 rings (SSSR count). The number of non-ortho nitro benzene ring substituents is 1. The van der Waals surface area contributed by atoms with Crippen LogP contribution in [-0.2, 0) is 14.3 Å². The van der Waals surface area contributed by atoms with E-state index >= 15 is 0 Å². The van der Waals surface area contributed by atoms with E-state index in [0.29, 0.717) is 0 Å². The number of nitro benzene ring substituents is 1. The van der Waals surface area contributed by atoms with Crippen molar-refractivity contribution in [1.82, 2.24) is 0 Å². The van der Waals surface area contributed by atoms with Gasteiger partial charge in [-0.2, -0.15) is 26.3 Å². The average Bonchev–Trinajstić information content (AvgIpc) is 2.77. The van der Waals surface area contributed by atoms with Gasteiger partial charge in [-0.25, -0.2) is 4.79 Å². The minimum atomic E-state index is -6.06. The number of nitrogens with zero attached hydrogens (tertiary/aromatic N) is 1. The predicted octanol–water partition coefficient (Wildman–Crippen LogP) is 3.03. The van der Waals surface area contributed by atoms with Gasteiger partial charge in [0.2, 0.25) is 0 Å². The number of carbonyl (C=O) groups is 1. The Morgan fingerprint density at radius 3 is 1.87 bits per heavy atom. The maximum Gasteiger partial charge on any atom is 0.465 e. The van der Waals surface area contributed by atoms with Crippen molar-refractivity contribution in [2.75, 3.05) is 0 Å². The summed E-state index contributed by atoms with van der Waals surface area (Å²) in [5, 5.41) is 10.4. The van der Waals surface area contributed by atoms with Crippen LogP contribution in [0.5, 0.6) is 0 Å². The molecule has 12 heteroatoms. The second-order valence-electron chi connectivity index (χ2n) is 4.38. The zero-order valence-electron chi connectivity index (χ0n) is 10.6. The van der Waals surface area contributed by atoms with Crippen molar-refractivity contribution in [1.29, 1.82) is 0 Å². The summed E-state index contributed by atoms with van der Waals surface area (Å²) in [5.41, 5.74) is -0.922. The third-order valence-electron chi connectivity index (χ3n) is 2.90. The molecule has 23 heavy (non-hydrogen) atoms. The molecule has 6 nitrogen and oxygen atoms in total. The standard InChI is InChI=1S/C11H5F6NO5/c12-10(13,14)9(11(15,16)17)22-7(8(19)23-9)5-1-3-6(4-2-5)18(20)21/h1-4,7H. The van der Waals surface area contributed by atoms with Gasteiger partial charge in [-0.15, -0.1) is 0 Å². The van der Waals surface area contributed by atoms with Crippen LogP contribution in [0.4, 0.5) is 32.0 Å². The van der Waals surface area contributed by atoms with Crippen molar-refractivity contribution in [2.45, 2.75) is 24.2 Å². The molecule has 1 atom stereocenters. The van der Waals surface area contributed by atoms with Crippen LogP contribution in [0.3, 0.4) is 0 Å². The summed E-state index contributed by atoms with van der Waals surface area (Å²) >= 11 is 0. The number of esters is 1. The largest absolute Gasteiger partial charge is 0.465 e. The quantitative estimate of drug-likeness (QED) is 0.356. The van der Waals surface area contributed by atoms with Gasteiger partial charge in [0.05, 0.1) is 4.92 Å². The summed E-state index contributed by atoms with van der Waals surface area (Å²) in [7, 11) is 0. The zero-order valence-corrected chi connectivity index (χ0v) is 10.6. The molecule has 1 heterocycles. The number of hydrogen-bond donors (Lipinski definition) is 0. The molecular weight excluding hydrogens is 340 g/mol. The number of hydrogen-bond acceptors (Lipinski definition) is 5. The first-order chi connectivity index (χ1) is 10.4. The molecule has 1 aliphatic heterocycles. The number of halogens is 6. The van der Waals surface area contributed by atoms with E-state index in [-0.39, 0.29) is 0 Å². The van der Waals surface area contributed by atoms with E-state index in [1.54, 1.807) is 0 Å². The van der Waals surface area contributed by atoms with E-state index in [9.17, 15) is 41.3 Å². The van der Waals surface area contributed by atoms with E-state index < -0.39 is 46.4 Å². The molecule has 0 saturated carbocycles. The molecule has 0 radical (unpaired) electrons. The first-order valence-corrected chi connectivity index (χ1v) is 5.67. The molecule has 126 valence electrons. The highest BCUT2D eigenvalue weighted by molar-refractivity contribution is 5.79. The van der Waals surface area contributed by atoms with Gasteiger partial charge in [-0.3, -0.25) is 10.1 Å². The van der Waals surface area contributed by atoms with Gasteiger partial charge in [-0.05, 0) is 17.7 Å². The molecule has 1 unspecified atom stereocenters. The van der Waals surface area contributed by atoms with E-state index in [4.69, 9.17) is 0 Å². The van der Waals surface area contributed by atoms with Crippen molar-refractivity contribution in [3.05, 3.63) is 39.9 Å². The van der Waals surface area contributed by atoms with E-state index in [1.807, 2.05) is 0 Å². The lowest BCUT2D eigenvalue weighted by atomic mass is 10.1. The first kappa shape index (κ1) is 17.0. The summed E-state index contributed by atoms with van der Waals surface area (Å²) < 4.78 is 83.8. The van der Waals surface area contributed by atoms with Crippen molar-refractivity contribution < 1.29 is 45.5 Å². The highest BCUT2D eigenvalue weighted by atomic mass is 19.4. The van der Waals surface area contributed by atoms with Gasteiger partial charge in [-0.1, -0.05) is 0 Å². The normalized spacial score (nSPS) is 21.1. The highest BCUT2D eigenvalue weighted by Crippen LogP contribution is 2.53. The number of cyclic esters (lactones) is 1. The number of benzene rings is 1. The number of alkyl halides is 6. The number of carbonyl (C=O) groups excluding carboxylic acids is 1. The molecule has 1 saturated heterocycles. The van der Waals surface area contributed by atoms with Crippen molar-refractivity contribution in [3.63, 3.8) is 0 Å². The minimum Gasteiger partial charge on any atom is -0.413 e. The van der Waals surface area contributed by atoms with Gasteiger partial charge in [0.25, 0.3) is 5.69 Å². The summed E-state index contributed by atoms with van der Waals surface area (Å²) in [6.45, 7) is 0. The van der Waals surface area contributed by atoms with Gasteiger partial charge >= 0.3 is 24.1 Å². The molecule has 0 spiro atoms. The lowest BCUT2D eigenvalue weighted by Gasteiger charge is -2.30. The third kappa shape index (κ3) is 2.69. The smallest absolute Gasteiger partial charge is 0.413 e.